The second-order valence-corrected chi connectivity index (χ2v) is 5.13. The molecule has 2 rings (SSSR count). The predicted molar refractivity (Wildman–Crippen MR) is 68.2 cm³/mol. The van der Waals surface area contributed by atoms with Crippen LogP contribution in [0.25, 0.3) is 0 Å². The fraction of sp³-hybridized carbons (Fsp3) is 0.538. The number of aliphatic hydroxyl groups is 1. The van der Waals surface area contributed by atoms with Crippen molar-refractivity contribution in [3.63, 3.8) is 0 Å². The second kappa shape index (κ2) is 3.98. The number of nitrogens with zero attached hydrogens (tertiary/aromatic N) is 1. The van der Waals surface area contributed by atoms with Crippen molar-refractivity contribution < 1.29 is 5.11 Å². The number of nitrogens with one attached hydrogen (secondary N) is 1. The standard InChI is InChI=1S/C13H20N2O/c1-10-5-4-6-11-12(10)15(8-7-14-11)9-13(2,3)16/h4-6,14,16H,7-9H2,1-3H3. The van der Waals surface area contributed by atoms with E-state index in [0.717, 1.165) is 13.1 Å². The van der Waals surface area contributed by atoms with Gasteiger partial charge in [0.2, 0.25) is 0 Å². The van der Waals surface area contributed by atoms with Crippen LogP contribution in [0.3, 0.4) is 0 Å². The highest BCUT2D eigenvalue weighted by molar-refractivity contribution is 5.75. The van der Waals surface area contributed by atoms with Crippen molar-refractivity contribution in [2.45, 2.75) is 26.4 Å². The van der Waals surface area contributed by atoms with E-state index in [9.17, 15) is 5.11 Å². The quantitative estimate of drug-likeness (QED) is 0.800. The van der Waals surface area contributed by atoms with Crippen LogP contribution in [0.15, 0.2) is 18.2 Å². The van der Waals surface area contributed by atoms with Crippen LogP contribution in [0.4, 0.5) is 11.4 Å². The van der Waals surface area contributed by atoms with Gasteiger partial charge in [-0.1, -0.05) is 12.1 Å². The number of benzene rings is 1. The molecular formula is C13H20N2O. The van der Waals surface area contributed by atoms with E-state index in [-0.39, 0.29) is 0 Å². The van der Waals surface area contributed by atoms with Crippen LogP contribution in [0.5, 0.6) is 0 Å². The fourth-order valence-corrected chi connectivity index (χ4v) is 2.28. The Kier molecular flexibility index (Phi) is 2.80. The van der Waals surface area contributed by atoms with Gasteiger partial charge in [0, 0.05) is 19.6 Å². The molecule has 3 heteroatoms. The minimum absolute atomic E-state index is 0.656. The van der Waals surface area contributed by atoms with Crippen LogP contribution in [-0.4, -0.2) is 30.3 Å². The van der Waals surface area contributed by atoms with Gasteiger partial charge in [-0.25, -0.2) is 0 Å². The Morgan fingerprint density at radius 2 is 2.19 bits per heavy atom. The van der Waals surface area contributed by atoms with Crippen molar-refractivity contribution in [3.8, 4) is 0 Å². The minimum Gasteiger partial charge on any atom is -0.389 e. The first-order valence-electron chi connectivity index (χ1n) is 5.78. The summed E-state index contributed by atoms with van der Waals surface area (Å²) >= 11 is 0. The maximum absolute atomic E-state index is 9.92. The Bertz CT molecular complexity index is 382. The van der Waals surface area contributed by atoms with E-state index in [2.05, 4.69) is 35.3 Å². The molecular weight excluding hydrogens is 200 g/mol. The molecule has 0 saturated heterocycles. The van der Waals surface area contributed by atoms with Crippen molar-refractivity contribution >= 4 is 11.4 Å². The van der Waals surface area contributed by atoms with Gasteiger partial charge in [-0.2, -0.15) is 0 Å². The molecule has 0 amide bonds. The lowest BCUT2D eigenvalue weighted by Gasteiger charge is -2.36. The van der Waals surface area contributed by atoms with Gasteiger partial charge in [-0.3, -0.25) is 0 Å². The fourth-order valence-electron chi connectivity index (χ4n) is 2.28. The highest BCUT2D eigenvalue weighted by atomic mass is 16.3. The first kappa shape index (κ1) is 11.3. The number of β-amino-alcohol motifs (C(OH)–C–C–N with tert-alkyl or cyclic N) is 1. The number of para-hydroxylation sites is 1. The molecule has 0 saturated carbocycles. The van der Waals surface area contributed by atoms with Gasteiger partial charge in [0.15, 0.2) is 0 Å². The van der Waals surface area contributed by atoms with E-state index in [1.807, 2.05) is 13.8 Å². The Morgan fingerprint density at radius 1 is 1.44 bits per heavy atom. The molecule has 88 valence electrons. The molecule has 1 aliphatic heterocycles. The largest absolute Gasteiger partial charge is 0.389 e. The highest BCUT2D eigenvalue weighted by Gasteiger charge is 2.23. The Hall–Kier alpha value is -1.22. The van der Waals surface area contributed by atoms with Gasteiger partial charge in [0.25, 0.3) is 0 Å². The van der Waals surface area contributed by atoms with Crippen LogP contribution < -0.4 is 10.2 Å². The topological polar surface area (TPSA) is 35.5 Å². The number of hydrogen-bond donors (Lipinski definition) is 2. The molecule has 2 N–H and O–H groups in total. The SMILES string of the molecule is Cc1cccc2c1N(CC(C)(C)O)CCN2. The van der Waals surface area contributed by atoms with Gasteiger partial charge in [0.05, 0.1) is 17.0 Å². The molecule has 1 aromatic rings. The van der Waals surface area contributed by atoms with Crippen LogP contribution in [0.2, 0.25) is 0 Å². The maximum atomic E-state index is 9.92. The summed E-state index contributed by atoms with van der Waals surface area (Å²) in [7, 11) is 0. The number of fused-ring (bicyclic) bond motifs is 1. The third kappa shape index (κ3) is 2.30. The zero-order chi connectivity index (χ0) is 11.8. The van der Waals surface area contributed by atoms with Crippen LogP contribution in [0, 0.1) is 6.92 Å². The van der Waals surface area contributed by atoms with Gasteiger partial charge in [-0.05, 0) is 32.4 Å². The smallest absolute Gasteiger partial charge is 0.0765 e. The summed E-state index contributed by atoms with van der Waals surface area (Å²) in [6, 6.07) is 6.27. The number of hydrogen-bond acceptors (Lipinski definition) is 3. The van der Waals surface area contributed by atoms with Crippen molar-refractivity contribution in [3.05, 3.63) is 23.8 Å². The number of aryl methyl sites for hydroxylation is 1. The Labute approximate surface area is 97.1 Å². The molecule has 1 aliphatic rings. The van der Waals surface area contributed by atoms with E-state index in [1.54, 1.807) is 0 Å². The summed E-state index contributed by atoms with van der Waals surface area (Å²) in [6.07, 6.45) is 0. The summed E-state index contributed by atoms with van der Waals surface area (Å²) in [5.74, 6) is 0. The lowest BCUT2D eigenvalue weighted by atomic mass is 10.0. The normalized spacial score (nSPS) is 15.6. The lowest BCUT2D eigenvalue weighted by molar-refractivity contribution is 0.0874. The van der Waals surface area contributed by atoms with Gasteiger partial charge in [0.1, 0.15) is 0 Å². The Balaban J connectivity index is 2.32. The molecule has 1 heterocycles. The van der Waals surface area contributed by atoms with E-state index in [4.69, 9.17) is 0 Å². The zero-order valence-corrected chi connectivity index (χ0v) is 10.2. The monoisotopic (exact) mass is 220 g/mol. The lowest BCUT2D eigenvalue weighted by Crippen LogP contribution is -2.43. The predicted octanol–water partition coefficient (Wildman–Crippen LogP) is 2.00. The molecule has 0 bridgehead atoms. The first-order chi connectivity index (χ1) is 7.47. The number of rotatable bonds is 2. The summed E-state index contributed by atoms with van der Waals surface area (Å²) in [6.45, 7) is 8.38. The molecule has 0 atom stereocenters. The summed E-state index contributed by atoms with van der Waals surface area (Å²) < 4.78 is 0. The third-order valence-corrected chi connectivity index (χ3v) is 2.83. The molecule has 0 aromatic heterocycles. The third-order valence-electron chi connectivity index (χ3n) is 2.83. The highest BCUT2D eigenvalue weighted by Crippen LogP contribution is 2.32. The molecule has 0 radical (unpaired) electrons. The summed E-state index contributed by atoms with van der Waals surface area (Å²) in [5.41, 5.74) is 3.01. The van der Waals surface area contributed by atoms with Crippen molar-refractivity contribution in [2.24, 2.45) is 0 Å². The summed E-state index contributed by atoms with van der Waals surface area (Å²) in [5, 5.41) is 13.3. The van der Waals surface area contributed by atoms with Crippen LogP contribution in [0.1, 0.15) is 19.4 Å². The Morgan fingerprint density at radius 3 is 2.88 bits per heavy atom. The van der Waals surface area contributed by atoms with Crippen molar-refractivity contribution in [1.29, 1.82) is 0 Å². The van der Waals surface area contributed by atoms with Gasteiger partial charge in [-0.15, -0.1) is 0 Å². The number of anilines is 2. The van der Waals surface area contributed by atoms with E-state index >= 15 is 0 Å². The van der Waals surface area contributed by atoms with Crippen LogP contribution >= 0.6 is 0 Å². The molecule has 0 unspecified atom stereocenters. The van der Waals surface area contributed by atoms with Crippen LogP contribution in [-0.2, 0) is 0 Å². The van der Waals surface area contributed by atoms with Crippen molar-refractivity contribution in [1.82, 2.24) is 0 Å². The molecule has 3 nitrogen and oxygen atoms in total. The average Bonchev–Trinajstić information content (AvgIpc) is 2.15. The molecule has 1 aromatic carbocycles. The second-order valence-electron chi connectivity index (χ2n) is 5.13. The van der Waals surface area contributed by atoms with E-state index in [0.29, 0.717) is 6.54 Å². The van der Waals surface area contributed by atoms with Crippen molar-refractivity contribution in [2.75, 3.05) is 29.9 Å². The first-order valence-corrected chi connectivity index (χ1v) is 5.78. The minimum atomic E-state index is -0.656. The molecule has 0 fully saturated rings. The average molecular weight is 220 g/mol. The van der Waals surface area contributed by atoms with Gasteiger partial charge < -0.3 is 15.3 Å². The van der Waals surface area contributed by atoms with E-state index in [1.165, 1.54) is 16.9 Å². The maximum Gasteiger partial charge on any atom is 0.0765 e. The summed E-state index contributed by atoms with van der Waals surface area (Å²) in [4.78, 5) is 2.27. The zero-order valence-electron chi connectivity index (χ0n) is 10.2. The van der Waals surface area contributed by atoms with Gasteiger partial charge >= 0.3 is 0 Å². The van der Waals surface area contributed by atoms with E-state index < -0.39 is 5.60 Å². The molecule has 0 aliphatic carbocycles. The molecule has 0 spiro atoms. The molecule has 16 heavy (non-hydrogen) atoms.